The fraction of sp³-hybridized carbons (Fsp3) is 1.00. The Hall–Kier alpha value is -0.120. The third-order valence-corrected chi connectivity index (χ3v) is 2.79. The molecule has 0 aromatic carbocycles. The molecule has 13 heavy (non-hydrogen) atoms. The quantitative estimate of drug-likeness (QED) is 0.696. The first-order valence-electron chi connectivity index (χ1n) is 4.88. The highest BCUT2D eigenvalue weighted by atomic mass is 16.5. The molecule has 78 valence electrons. The molecule has 0 aliphatic carbocycles. The average Bonchev–Trinajstić information content (AvgIpc) is 2.31. The van der Waals surface area contributed by atoms with Gasteiger partial charge in [0.2, 0.25) is 0 Å². The van der Waals surface area contributed by atoms with E-state index in [9.17, 15) is 5.11 Å². The number of hydrogen-bond acceptors (Lipinski definition) is 3. The number of aliphatic hydroxyl groups excluding tert-OH is 1. The Morgan fingerprint density at radius 1 is 1.54 bits per heavy atom. The zero-order chi connectivity index (χ0) is 10.1. The monoisotopic (exact) mass is 188 g/mol. The molecule has 0 aromatic heterocycles. The Balaban J connectivity index is 2.53. The summed E-state index contributed by atoms with van der Waals surface area (Å²) in [5.41, 5.74) is -1.01. The van der Waals surface area contributed by atoms with E-state index in [0.717, 1.165) is 12.8 Å². The lowest BCUT2D eigenvalue weighted by atomic mass is 9.95. The molecule has 2 N–H and O–H groups in total. The van der Waals surface area contributed by atoms with Gasteiger partial charge in [0, 0.05) is 6.61 Å². The molecule has 0 spiro atoms. The van der Waals surface area contributed by atoms with Crippen LogP contribution in [-0.4, -0.2) is 34.1 Å². The van der Waals surface area contributed by atoms with Crippen molar-refractivity contribution >= 4 is 0 Å². The van der Waals surface area contributed by atoms with Crippen LogP contribution in [-0.2, 0) is 4.74 Å². The second kappa shape index (κ2) is 3.56. The minimum absolute atomic E-state index is 0.0935. The normalized spacial score (nSPS) is 35.3. The zero-order valence-corrected chi connectivity index (χ0v) is 8.71. The van der Waals surface area contributed by atoms with E-state index in [4.69, 9.17) is 9.84 Å². The Morgan fingerprint density at radius 3 is 2.54 bits per heavy atom. The molecule has 1 aliphatic rings. The summed E-state index contributed by atoms with van der Waals surface area (Å²) in [6.07, 6.45) is 2.35. The maximum absolute atomic E-state index is 9.73. The number of rotatable bonds is 3. The molecule has 1 heterocycles. The number of hydrogen-bond donors (Lipinski definition) is 2. The summed E-state index contributed by atoms with van der Waals surface area (Å²) >= 11 is 0. The topological polar surface area (TPSA) is 49.7 Å². The SMILES string of the molecule is CC(C)(O)[C@@H]1CC[C@](C)(CCO)O1. The largest absolute Gasteiger partial charge is 0.396 e. The third-order valence-electron chi connectivity index (χ3n) is 2.79. The van der Waals surface area contributed by atoms with Crippen LogP contribution >= 0.6 is 0 Å². The van der Waals surface area contributed by atoms with E-state index in [1.165, 1.54) is 0 Å². The van der Waals surface area contributed by atoms with E-state index in [1.54, 1.807) is 13.8 Å². The molecule has 3 heteroatoms. The first-order valence-corrected chi connectivity index (χ1v) is 4.88. The van der Waals surface area contributed by atoms with Gasteiger partial charge in [0.1, 0.15) is 0 Å². The van der Waals surface area contributed by atoms with E-state index in [1.807, 2.05) is 6.92 Å². The summed E-state index contributed by atoms with van der Waals surface area (Å²) in [4.78, 5) is 0. The first kappa shape index (κ1) is 11.0. The Morgan fingerprint density at radius 2 is 2.15 bits per heavy atom. The van der Waals surface area contributed by atoms with Gasteiger partial charge in [-0.15, -0.1) is 0 Å². The van der Waals surface area contributed by atoms with Gasteiger partial charge in [0.15, 0.2) is 0 Å². The van der Waals surface area contributed by atoms with Crippen LogP contribution in [0.15, 0.2) is 0 Å². The van der Waals surface area contributed by atoms with Crippen LogP contribution in [0.4, 0.5) is 0 Å². The van der Waals surface area contributed by atoms with Crippen molar-refractivity contribution in [2.24, 2.45) is 0 Å². The molecule has 0 radical (unpaired) electrons. The lowest BCUT2D eigenvalue weighted by molar-refractivity contribution is -0.120. The van der Waals surface area contributed by atoms with Gasteiger partial charge in [0.25, 0.3) is 0 Å². The van der Waals surface area contributed by atoms with Crippen LogP contribution in [0.1, 0.15) is 40.0 Å². The molecule has 0 amide bonds. The van der Waals surface area contributed by atoms with Gasteiger partial charge in [-0.2, -0.15) is 0 Å². The van der Waals surface area contributed by atoms with E-state index < -0.39 is 5.60 Å². The van der Waals surface area contributed by atoms with Gasteiger partial charge in [-0.3, -0.25) is 0 Å². The molecule has 0 saturated carbocycles. The third kappa shape index (κ3) is 2.66. The minimum Gasteiger partial charge on any atom is -0.396 e. The summed E-state index contributed by atoms with van der Waals surface area (Å²) < 4.78 is 5.74. The predicted octanol–water partition coefficient (Wildman–Crippen LogP) is 1.08. The smallest absolute Gasteiger partial charge is 0.0865 e. The highest BCUT2D eigenvalue weighted by Crippen LogP contribution is 2.36. The predicted molar refractivity (Wildman–Crippen MR) is 50.5 cm³/mol. The van der Waals surface area contributed by atoms with Crippen molar-refractivity contribution in [3.63, 3.8) is 0 Å². The summed E-state index contributed by atoms with van der Waals surface area (Å²) in [6, 6.07) is 0. The van der Waals surface area contributed by atoms with Crippen molar-refractivity contribution in [1.29, 1.82) is 0 Å². The average molecular weight is 188 g/mol. The Kier molecular flexibility index (Phi) is 3.00. The molecule has 0 aromatic rings. The maximum Gasteiger partial charge on any atom is 0.0865 e. The van der Waals surface area contributed by atoms with Gasteiger partial charge in [-0.25, -0.2) is 0 Å². The molecular formula is C10H20O3. The van der Waals surface area contributed by atoms with Crippen LogP contribution in [0.25, 0.3) is 0 Å². The summed E-state index contributed by atoms with van der Waals surface area (Å²) in [7, 11) is 0. The van der Waals surface area contributed by atoms with Crippen molar-refractivity contribution < 1.29 is 14.9 Å². The van der Waals surface area contributed by atoms with Crippen molar-refractivity contribution in [1.82, 2.24) is 0 Å². The molecule has 0 bridgehead atoms. The Labute approximate surface area is 79.7 Å². The van der Waals surface area contributed by atoms with Gasteiger partial charge in [-0.1, -0.05) is 0 Å². The van der Waals surface area contributed by atoms with Gasteiger partial charge < -0.3 is 14.9 Å². The van der Waals surface area contributed by atoms with E-state index in [-0.39, 0.29) is 18.3 Å². The zero-order valence-electron chi connectivity index (χ0n) is 8.71. The molecule has 2 atom stereocenters. The van der Waals surface area contributed by atoms with Crippen LogP contribution < -0.4 is 0 Å². The highest BCUT2D eigenvalue weighted by Gasteiger charge is 2.41. The number of aliphatic hydroxyl groups is 2. The second-order valence-corrected chi connectivity index (χ2v) is 4.72. The van der Waals surface area contributed by atoms with Gasteiger partial charge in [0.05, 0.1) is 17.3 Å². The van der Waals surface area contributed by atoms with Crippen molar-refractivity contribution in [2.75, 3.05) is 6.61 Å². The number of ether oxygens (including phenoxy) is 1. The summed E-state index contributed by atoms with van der Waals surface area (Å²) in [5.74, 6) is 0. The van der Waals surface area contributed by atoms with Gasteiger partial charge in [-0.05, 0) is 40.0 Å². The highest BCUT2D eigenvalue weighted by molar-refractivity contribution is 4.91. The summed E-state index contributed by atoms with van der Waals surface area (Å²) in [6.45, 7) is 5.68. The maximum atomic E-state index is 9.73. The fourth-order valence-electron chi connectivity index (χ4n) is 1.82. The molecule has 0 unspecified atom stereocenters. The molecule has 1 saturated heterocycles. The van der Waals surface area contributed by atoms with Crippen LogP contribution in [0, 0.1) is 0 Å². The Bertz CT molecular complexity index is 173. The van der Waals surface area contributed by atoms with Crippen LogP contribution in [0.2, 0.25) is 0 Å². The van der Waals surface area contributed by atoms with Crippen molar-refractivity contribution in [2.45, 2.75) is 57.3 Å². The minimum atomic E-state index is -0.771. The first-order chi connectivity index (χ1) is 5.87. The van der Waals surface area contributed by atoms with E-state index in [0.29, 0.717) is 6.42 Å². The summed E-state index contributed by atoms with van der Waals surface area (Å²) in [5, 5.41) is 18.6. The second-order valence-electron chi connectivity index (χ2n) is 4.72. The standard InChI is InChI=1S/C10H20O3/c1-9(2,12)8-4-5-10(3,13-8)6-7-11/h8,11-12H,4-7H2,1-3H3/t8-,10+/m0/s1. The van der Waals surface area contributed by atoms with Gasteiger partial charge >= 0.3 is 0 Å². The van der Waals surface area contributed by atoms with Crippen LogP contribution in [0.5, 0.6) is 0 Å². The fourth-order valence-corrected chi connectivity index (χ4v) is 1.82. The molecular weight excluding hydrogens is 168 g/mol. The molecule has 1 rings (SSSR count). The molecule has 3 nitrogen and oxygen atoms in total. The molecule has 1 aliphatic heterocycles. The van der Waals surface area contributed by atoms with Crippen LogP contribution in [0.3, 0.4) is 0 Å². The van der Waals surface area contributed by atoms with E-state index in [2.05, 4.69) is 0 Å². The molecule has 1 fully saturated rings. The van der Waals surface area contributed by atoms with Crippen molar-refractivity contribution in [3.8, 4) is 0 Å². The lowest BCUT2D eigenvalue weighted by Gasteiger charge is -2.29. The van der Waals surface area contributed by atoms with E-state index >= 15 is 0 Å². The lowest BCUT2D eigenvalue weighted by Crippen LogP contribution is -2.38. The van der Waals surface area contributed by atoms with Crippen molar-refractivity contribution in [3.05, 3.63) is 0 Å².